The van der Waals surface area contributed by atoms with E-state index in [0.29, 0.717) is 24.7 Å². The number of benzene rings is 2. The number of piperidine rings is 1. The van der Waals surface area contributed by atoms with Gasteiger partial charge in [0.2, 0.25) is 0 Å². The summed E-state index contributed by atoms with van der Waals surface area (Å²) in [5, 5.41) is 16.6. The van der Waals surface area contributed by atoms with Gasteiger partial charge in [-0.1, -0.05) is 24.6 Å². The highest BCUT2D eigenvalue weighted by molar-refractivity contribution is 7.92. The van der Waals surface area contributed by atoms with Crippen molar-refractivity contribution in [3.8, 4) is 0 Å². The molecule has 1 aliphatic heterocycles. The van der Waals surface area contributed by atoms with E-state index >= 15 is 0 Å². The Hall–Kier alpha value is -2.58. The molecule has 0 saturated carbocycles. The summed E-state index contributed by atoms with van der Waals surface area (Å²) in [6, 6.07) is 10.6. The molecule has 172 valence electrons. The van der Waals surface area contributed by atoms with Gasteiger partial charge in [0.25, 0.3) is 10.0 Å². The number of aromatic carboxylic acids is 1. The van der Waals surface area contributed by atoms with E-state index in [4.69, 9.17) is 0 Å². The van der Waals surface area contributed by atoms with Gasteiger partial charge in [-0.3, -0.25) is 4.72 Å². The average molecular weight is 458 g/mol. The number of carbonyl (C=O) groups is 1. The van der Waals surface area contributed by atoms with Crippen LogP contribution in [0.2, 0.25) is 0 Å². The Morgan fingerprint density at radius 1 is 1.03 bits per heavy atom. The van der Waals surface area contributed by atoms with E-state index < -0.39 is 16.0 Å². The van der Waals surface area contributed by atoms with Crippen molar-refractivity contribution in [3.63, 3.8) is 0 Å². The Bertz CT molecular complexity index is 1080. The molecule has 4 rings (SSSR count). The van der Waals surface area contributed by atoms with Crippen LogP contribution in [0, 0.1) is 0 Å². The molecule has 1 heterocycles. The first-order chi connectivity index (χ1) is 15.5. The number of carboxylic acids is 1. The third-order valence-electron chi connectivity index (χ3n) is 6.39. The number of fused-ring (bicyclic) bond motifs is 1. The Kier molecular flexibility index (Phi) is 7.01. The van der Waals surface area contributed by atoms with Crippen molar-refractivity contribution in [1.29, 1.82) is 0 Å². The van der Waals surface area contributed by atoms with E-state index in [1.165, 1.54) is 12.8 Å². The maximum atomic E-state index is 13.3. The SMILES string of the molecule is O=C(O)c1c(NS(=O)(=O)c2ccccc2NCC[C@@H]2CCCCN2)ccc2c1CCCC2. The van der Waals surface area contributed by atoms with Gasteiger partial charge in [-0.25, -0.2) is 13.2 Å². The number of sulfonamides is 1. The zero-order chi connectivity index (χ0) is 22.6. The molecular formula is C24H31N3O4S. The zero-order valence-electron chi connectivity index (χ0n) is 18.2. The van der Waals surface area contributed by atoms with Crippen LogP contribution in [0.25, 0.3) is 0 Å². The molecular weight excluding hydrogens is 426 g/mol. The predicted octanol–water partition coefficient (Wildman–Crippen LogP) is 4.01. The van der Waals surface area contributed by atoms with E-state index in [2.05, 4.69) is 15.4 Å². The number of aryl methyl sites for hydroxylation is 1. The number of para-hydroxylation sites is 1. The second kappa shape index (κ2) is 9.92. The molecule has 2 aromatic rings. The molecule has 0 amide bonds. The van der Waals surface area contributed by atoms with Gasteiger partial charge in [-0.2, -0.15) is 0 Å². The van der Waals surface area contributed by atoms with Gasteiger partial charge in [0.15, 0.2) is 0 Å². The van der Waals surface area contributed by atoms with Crippen LogP contribution in [-0.4, -0.2) is 38.6 Å². The maximum Gasteiger partial charge on any atom is 0.338 e. The van der Waals surface area contributed by atoms with Crippen molar-refractivity contribution in [2.75, 3.05) is 23.1 Å². The molecule has 7 nitrogen and oxygen atoms in total. The summed E-state index contributed by atoms with van der Waals surface area (Å²) < 4.78 is 29.1. The Labute approximate surface area is 189 Å². The second-order valence-corrected chi connectivity index (χ2v) is 10.3. The normalized spacial score (nSPS) is 18.6. The summed E-state index contributed by atoms with van der Waals surface area (Å²) in [4.78, 5) is 12.1. The molecule has 8 heteroatoms. The van der Waals surface area contributed by atoms with Crippen LogP contribution in [0.15, 0.2) is 41.3 Å². The highest BCUT2D eigenvalue weighted by Gasteiger charge is 2.25. The molecule has 0 unspecified atom stereocenters. The quantitative estimate of drug-likeness (QED) is 0.477. The topological polar surface area (TPSA) is 108 Å². The molecule has 0 radical (unpaired) electrons. The Morgan fingerprint density at radius 3 is 2.62 bits per heavy atom. The number of hydrogen-bond donors (Lipinski definition) is 4. The van der Waals surface area contributed by atoms with Gasteiger partial charge >= 0.3 is 5.97 Å². The van der Waals surface area contributed by atoms with Gasteiger partial charge < -0.3 is 15.7 Å². The lowest BCUT2D eigenvalue weighted by atomic mass is 9.87. The van der Waals surface area contributed by atoms with E-state index in [1.807, 2.05) is 6.07 Å². The van der Waals surface area contributed by atoms with Crippen LogP contribution in [-0.2, 0) is 22.9 Å². The highest BCUT2D eigenvalue weighted by Crippen LogP contribution is 2.32. The van der Waals surface area contributed by atoms with Crippen LogP contribution in [0.1, 0.15) is 60.0 Å². The number of nitrogens with one attached hydrogen (secondary N) is 3. The monoisotopic (exact) mass is 457 g/mol. The van der Waals surface area contributed by atoms with Gasteiger partial charge in [0.05, 0.1) is 16.9 Å². The van der Waals surface area contributed by atoms with Crippen molar-refractivity contribution in [3.05, 3.63) is 53.1 Å². The van der Waals surface area contributed by atoms with Crippen molar-refractivity contribution >= 4 is 27.4 Å². The van der Waals surface area contributed by atoms with Crippen LogP contribution in [0.5, 0.6) is 0 Å². The smallest absolute Gasteiger partial charge is 0.338 e. The summed E-state index contributed by atoms with van der Waals surface area (Å²) in [5.74, 6) is -1.10. The van der Waals surface area contributed by atoms with E-state index in [1.54, 1.807) is 30.3 Å². The third-order valence-corrected chi connectivity index (χ3v) is 7.81. The first-order valence-corrected chi connectivity index (χ1v) is 12.9. The molecule has 0 aromatic heterocycles. The van der Waals surface area contributed by atoms with Crippen LogP contribution < -0.4 is 15.4 Å². The molecule has 0 bridgehead atoms. The fraction of sp³-hybridized carbons (Fsp3) is 0.458. The Morgan fingerprint density at radius 2 is 1.84 bits per heavy atom. The fourth-order valence-corrected chi connectivity index (χ4v) is 6.01. The van der Waals surface area contributed by atoms with Gasteiger partial charge in [0.1, 0.15) is 4.90 Å². The second-order valence-electron chi connectivity index (χ2n) is 8.60. The third kappa shape index (κ3) is 5.07. The first-order valence-electron chi connectivity index (χ1n) is 11.4. The average Bonchev–Trinajstić information content (AvgIpc) is 2.79. The van der Waals surface area contributed by atoms with Crippen molar-refractivity contribution in [1.82, 2.24) is 5.32 Å². The maximum absolute atomic E-state index is 13.3. The summed E-state index contributed by atoms with van der Waals surface area (Å²) in [7, 11) is -3.97. The van der Waals surface area contributed by atoms with Crippen molar-refractivity contribution in [2.24, 2.45) is 0 Å². The summed E-state index contributed by atoms with van der Waals surface area (Å²) >= 11 is 0. The molecule has 1 fully saturated rings. The van der Waals surface area contributed by atoms with Gasteiger partial charge in [-0.15, -0.1) is 0 Å². The minimum Gasteiger partial charge on any atom is -0.478 e. The summed E-state index contributed by atoms with van der Waals surface area (Å²) in [6.07, 6.45) is 7.88. The highest BCUT2D eigenvalue weighted by atomic mass is 32.2. The van der Waals surface area contributed by atoms with E-state index in [0.717, 1.165) is 49.8 Å². The van der Waals surface area contributed by atoms with E-state index in [9.17, 15) is 18.3 Å². The minimum atomic E-state index is -3.97. The number of hydrogen-bond acceptors (Lipinski definition) is 5. The van der Waals surface area contributed by atoms with Gasteiger partial charge in [0, 0.05) is 12.6 Å². The fourth-order valence-electron chi connectivity index (χ4n) is 4.76. The largest absolute Gasteiger partial charge is 0.478 e. The standard InChI is InChI=1S/C24H31N3O4S/c28-24(29)23-19-9-2-1-7-17(19)12-13-21(23)27-32(30,31)22-11-4-3-10-20(22)26-16-14-18-8-5-6-15-25-18/h3-4,10-13,18,25-27H,1-2,5-9,14-16H2,(H,28,29)/t18-/m0/s1. The molecule has 1 atom stereocenters. The zero-order valence-corrected chi connectivity index (χ0v) is 19.0. The first kappa shape index (κ1) is 22.6. The molecule has 2 aliphatic rings. The van der Waals surface area contributed by atoms with Crippen LogP contribution in [0.4, 0.5) is 11.4 Å². The minimum absolute atomic E-state index is 0.0691. The molecule has 4 N–H and O–H groups in total. The number of rotatable bonds is 8. The molecule has 32 heavy (non-hydrogen) atoms. The van der Waals surface area contributed by atoms with E-state index in [-0.39, 0.29) is 16.1 Å². The predicted molar refractivity (Wildman–Crippen MR) is 126 cm³/mol. The molecule has 1 saturated heterocycles. The number of anilines is 2. The number of carboxylic acid groups (broad SMARTS) is 1. The summed E-state index contributed by atoms with van der Waals surface area (Å²) in [6.45, 7) is 1.69. The van der Waals surface area contributed by atoms with Crippen molar-refractivity contribution in [2.45, 2.75) is 62.3 Å². The van der Waals surface area contributed by atoms with Gasteiger partial charge in [-0.05, 0) is 80.8 Å². The van der Waals surface area contributed by atoms with Crippen LogP contribution in [0.3, 0.4) is 0 Å². The van der Waals surface area contributed by atoms with Crippen LogP contribution >= 0.6 is 0 Å². The van der Waals surface area contributed by atoms with Crippen molar-refractivity contribution < 1.29 is 18.3 Å². The Balaban J connectivity index is 1.55. The summed E-state index contributed by atoms with van der Waals surface area (Å²) in [5.41, 5.74) is 2.45. The molecule has 1 aliphatic carbocycles. The molecule has 0 spiro atoms. The lowest BCUT2D eigenvalue weighted by Crippen LogP contribution is -2.35. The lowest BCUT2D eigenvalue weighted by Gasteiger charge is -2.24. The lowest BCUT2D eigenvalue weighted by molar-refractivity contribution is 0.0696. The molecule has 2 aromatic carbocycles.